The Morgan fingerprint density at radius 1 is 0.260 bits per heavy atom. The first kappa shape index (κ1) is 43.1. The Morgan fingerprint density at radius 3 is 1.35 bits per heavy atom. The van der Waals surface area contributed by atoms with Crippen molar-refractivity contribution in [3.63, 3.8) is 0 Å². The molecule has 77 heavy (non-hydrogen) atoms. The van der Waals surface area contributed by atoms with Crippen LogP contribution in [0, 0.1) is 6.92 Å². The highest BCUT2D eigenvalue weighted by atomic mass is 15.1. The van der Waals surface area contributed by atoms with Gasteiger partial charge in [0.2, 0.25) is 0 Å². The first-order valence-corrected chi connectivity index (χ1v) is 26.2. The SMILES string of the molecule is Cc1cc2c(c3cccc(-c4nc(-c5ccccc5)nc(-c5ccccc5)n4)c3n2-c2ccccc2)c2c1c1cc(-n3c4ccccc4c4c3ccc3c5ccccc5n(-c5ccccc5)c34)ccc1n2-c1ccccc1. The third-order valence-electron chi connectivity index (χ3n) is 15.7. The molecule has 0 saturated heterocycles. The number of rotatable bonds is 7. The summed E-state index contributed by atoms with van der Waals surface area (Å²) < 4.78 is 9.85. The molecule has 0 spiro atoms. The first-order chi connectivity index (χ1) is 38.2. The van der Waals surface area contributed by atoms with Crippen molar-refractivity contribution < 1.29 is 0 Å². The second kappa shape index (κ2) is 16.8. The van der Waals surface area contributed by atoms with Crippen molar-refractivity contribution in [1.82, 2.24) is 33.2 Å². The zero-order chi connectivity index (χ0) is 50.7. The van der Waals surface area contributed by atoms with Gasteiger partial charge in [0.05, 0.1) is 44.1 Å². The topological polar surface area (TPSA) is 58.4 Å². The minimum atomic E-state index is 0.608. The van der Waals surface area contributed by atoms with Gasteiger partial charge < -0.3 is 18.3 Å². The molecule has 0 bridgehead atoms. The van der Waals surface area contributed by atoms with Gasteiger partial charge in [-0.1, -0.05) is 170 Å². The minimum absolute atomic E-state index is 0.608. The molecule has 5 heterocycles. The number of benzene rings is 11. The van der Waals surface area contributed by atoms with E-state index in [-0.39, 0.29) is 0 Å². The second-order valence-corrected chi connectivity index (χ2v) is 20.0. The fourth-order valence-corrected chi connectivity index (χ4v) is 12.5. The first-order valence-electron chi connectivity index (χ1n) is 26.2. The van der Waals surface area contributed by atoms with Crippen LogP contribution in [-0.2, 0) is 0 Å². The maximum atomic E-state index is 5.31. The summed E-state index contributed by atoms with van der Waals surface area (Å²) in [5.74, 6) is 1.86. The normalized spacial score (nSPS) is 12.0. The van der Waals surface area contributed by atoms with E-state index in [1.165, 1.54) is 48.9 Å². The molecule has 7 nitrogen and oxygen atoms in total. The minimum Gasteiger partial charge on any atom is -0.309 e. The molecule has 7 heteroatoms. The molecule has 0 amide bonds. The van der Waals surface area contributed by atoms with Gasteiger partial charge in [-0.3, -0.25) is 0 Å². The lowest BCUT2D eigenvalue weighted by Crippen LogP contribution is -2.02. The molecule has 16 aromatic rings. The number of aromatic nitrogens is 7. The number of hydrogen-bond donors (Lipinski definition) is 0. The monoisotopic (exact) mass is 983 g/mol. The fraction of sp³-hybridized carbons (Fsp3) is 0.0143. The van der Waals surface area contributed by atoms with Crippen LogP contribution in [0.2, 0.25) is 0 Å². The van der Waals surface area contributed by atoms with E-state index in [9.17, 15) is 0 Å². The zero-order valence-corrected chi connectivity index (χ0v) is 41.9. The van der Waals surface area contributed by atoms with Gasteiger partial charge in [0.15, 0.2) is 17.5 Å². The predicted octanol–water partition coefficient (Wildman–Crippen LogP) is 17.6. The number of fused-ring (bicyclic) bond motifs is 14. The highest BCUT2D eigenvalue weighted by molar-refractivity contribution is 6.29. The van der Waals surface area contributed by atoms with Gasteiger partial charge in [-0.15, -0.1) is 0 Å². The number of aryl methyl sites for hydroxylation is 1. The molecule has 11 aromatic carbocycles. The Bertz CT molecular complexity index is 4960. The van der Waals surface area contributed by atoms with E-state index < -0.39 is 0 Å². The Kier molecular flexibility index (Phi) is 9.41. The molecule has 0 aliphatic carbocycles. The maximum Gasteiger partial charge on any atom is 0.166 e. The van der Waals surface area contributed by atoms with Crippen LogP contribution in [0.5, 0.6) is 0 Å². The van der Waals surface area contributed by atoms with Gasteiger partial charge in [0.25, 0.3) is 0 Å². The third-order valence-corrected chi connectivity index (χ3v) is 15.7. The Hall–Kier alpha value is -10.4. The van der Waals surface area contributed by atoms with Gasteiger partial charge >= 0.3 is 0 Å². The van der Waals surface area contributed by atoms with Crippen LogP contribution in [0.15, 0.2) is 255 Å². The van der Waals surface area contributed by atoms with Crippen molar-refractivity contribution >= 4 is 87.2 Å². The third kappa shape index (κ3) is 6.41. The van der Waals surface area contributed by atoms with Gasteiger partial charge in [0.1, 0.15) is 0 Å². The summed E-state index contributed by atoms with van der Waals surface area (Å²) in [4.78, 5) is 15.7. The van der Waals surface area contributed by atoms with Crippen LogP contribution in [-0.4, -0.2) is 33.2 Å². The standard InChI is InChI=1S/C70H45N7/c1-44-42-61-64(54-34-21-35-55(65(54)77(61)49-30-15-6-16-31-49)70-72-68(45-22-7-2-8-23-45)71-69(73-70)46-24-9-3-10-25-46)67-62(44)56-43-50(38-40-59(56)76(67)48-28-13-5-14-29-48)74-58-37-20-18-33-53(58)63-60(74)41-39-52-51-32-17-19-36-57(51)75(66(52)63)47-26-11-4-12-27-47/h2-43H,1H3. The summed E-state index contributed by atoms with van der Waals surface area (Å²) >= 11 is 0. The molecule has 0 fully saturated rings. The van der Waals surface area contributed by atoms with Crippen molar-refractivity contribution in [2.45, 2.75) is 6.92 Å². The quantitative estimate of drug-likeness (QED) is 0.160. The smallest absolute Gasteiger partial charge is 0.166 e. The van der Waals surface area contributed by atoms with Crippen LogP contribution < -0.4 is 0 Å². The molecule has 5 aromatic heterocycles. The van der Waals surface area contributed by atoms with Crippen LogP contribution in [0.25, 0.3) is 144 Å². The van der Waals surface area contributed by atoms with E-state index in [1.54, 1.807) is 0 Å². The highest BCUT2D eigenvalue weighted by Crippen LogP contribution is 2.47. The lowest BCUT2D eigenvalue weighted by molar-refractivity contribution is 1.07. The molecule has 0 saturated carbocycles. The van der Waals surface area contributed by atoms with E-state index in [0.717, 1.165) is 83.3 Å². The van der Waals surface area contributed by atoms with Gasteiger partial charge in [-0.05, 0) is 97.4 Å². The van der Waals surface area contributed by atoms with E-state index in [1.807, 2.05) is 36.4 Å². The van der Waals surface area contributed by atoms with Crippen LogP contribution in [0.3, 0.4) is 0 Å². The number of hydrogen-bond acceptors (Lipinski definition) is 3. The molecule has 0 N–H and O–H groups in total. The second-order valence-electron chi connectivity index (χ2n) is 20.0. The van der Waals surface area contributed by atoms with Crippen LogP contribution >= 0.6 is 0 Å². The molecule has 0 unspecified atom stereocenters. The molecule has 360 valence electrons. The lowest BCUT2D eigenvalue weighted by Gasteiger charge is -2.13. The summed E-state index contributed by atoms with van der Waals surface area (Å²) in [5, 5.41) is 9.58. The van der Waals surface area contributed by atoms with Crippen molar-refractivity contribution in [3.8, 4) is 56.9 Å². The lowest BCUT2D eigenvalue weighted by atomic mass is 10.0. The molecule has 16 rings (SSSR count). The zero-order valence-electron chi connectivity index (χ0n) is 41.9. The van der Waals surface area contributed by atoms with Gasteiger partial charge in [-0.2, -0.15) is 0 Å². The maximum absolute atomic E-state index is 5.31. The van der Waals surface area contributed by atoms with Crippen LogP contribution in [0.4, 0.5) is 0 Å². The summed E-state index contributed by atoms with van der Waals surface area (Å²) in [6.45, 7) is 2.28. The van der Waals surface area contributed by atoms with E-state index in [4.69, 9.17) is 15.0 Å². The molecule has 0 radical (unpaired) electrons. The Labute approximate surface area is 442 Å². The van der Waals surface area contributed by atoms with Crippen molar-refractivity contribution in [1.29, 1.82) is 0 Å². The summed E-state index contributed by atoms with van der Waals surface area (Å²) in [5.41, 5.74) is 17.5. The Balaban J connectivity index is 1.01. The number of para-hydroxylation sites is 6. The van der Waals surface area contributed by atoms with Crippen molar-refractivity contribution in [3.05, 3.63) is 260 Å². The average Bonchev–Trinajstić information content (AvgIpc) is 4.24. The van der Waals surface area contributed by atoms with Crippen LogP contribution in [0.1, 0.15) is 5.56 Å². The molecular formula is C70H45N7. The van der Waals surface area contributed by atoms with Gasteiger partial charge in [0, 0.05) is 82.5 Å². The van der Waals surface area contributed by atoms with E-state index in [0.29, 0.717) is 17.5 Å². The summed E-state index contributed by atoms with van der Waals surface area (Å²) in [7, 11) is 0. The fourth-order valence-electron chi connectivity index (χ4n) is 12.5. The van der Waals surface area contributed by atoms with E-state index >= 15 is 0 Å². The number of nitrogens with zero attached hydrogens (tertiary/aromatic N) is 7. The molecule has 0 atom stereocenters. The molecular weight excluding hydrogens is 939 g/mol. The average molecular weight is 984 g/mol. The highest BCUT2D eigenvalue weighted by Gasteiger charge is 2.27. The van der Waals surface area contributed by atoms with Crippen molar-refractivity contribution in [2.24, 2.45) is 0 Å². The summed E-state index contributed by atoms with van der Waals surface area (Å²) in [6.07, 6.45) is 0. The molecule has 0 aliphatic rings. The van der Waals surface area contributed by atoms with Crippen molar-refractivity contribution in [2.75, 3.05) is 0 Å². The molecule has 0 aliphatic heterocycles. The predicted molar refractivity (Wildman–Crippen MR) is 318 cm³/mol. The van der Waals surface area contributed by atoms with Gasteiger partial charge in [-0.25, -0.2) is 15.0 Å². The van der Waals surface area contributed by atoms with E-state index in [2.05, 4.69) is 244 Å². The largest absolute Gasteiger partial charge is 0.309 e. The Morgan fingerprint density at radius 2 is 0.727 bits per heavy atom. The summed E-state index contributed by atoms with van der Waals surface area (Å²) in [6, 6.07) is 91.2.